The number of rotatable bonds is 6. The Morgan fingerprint density at radius 3 is 1.78 bits per heavy atom. The molecule has 1 aliphatic rings. The van der Waals surface area contributed by atoms with E-state index < -0.39 is 48.3 Å². The summed E-state index contributed by atoms with van der Waals surface area (Å²) in [7, 11) is 0. The largest absolute Gasteiger partial charge is 0.465 e. The van der Waals surface area contributed by atoms with E-state index in [9.17, 15) is 19.2 Å². The molecule has 1 heterocycles. The van der Waals surface area contributed by atoms with Gasteiger partial charge in [-0.3, -0.25) is 19.2 Å². The molecule has 0 aliphatic carbocycles. The van der Waals surface area contributed by atoms with Crippen molar-refractivity contribution in [3.8, 4) is 0 Å². The highest BCUT2D eigenvalue weighted by atomic mass is 16.7. The Labute approximate surface area is 133 Å². The van der Waals surface area contributed by atoms with Crippen LogP contribution >= 0.6 is 0 Å². The minimum atomic E-state index is -1.17. The van der Waals surface area contributed by atoms with Crippen LogP contribution in [0.4, 0.5) is 0 Å². The summed E-state index contributed by atoms with van der Waals surface area (Å²) >= 11 is 0. The summed E-state index contributed by atoms with van der Waals surface area (Å²) in [5, 5.41) is 0. The Morgan fingerprint density at radius 1 is 0.783 bits per heavy atom. The molecular formula is C14H20O9. The molecule has 130 valence electrons. The van der Waals surface area contributed by atoms with E-state index in [1.807, 2.05) is 0 Å². The first-order chi connectivity index (χ1) is 10.7. The second-order valence-corrected chi connectivity index (χ2v) is 5.00. The molecule has 23 heavy (non-hydrogen) atoms. The number of ether oxygens (including phenoxy) is 5. The number of esters is 4. The minimum absolute atomic E-state index is 0.142. The van der Waals surface area contributed by atoms with E-state index in [0.717, 1.165) is 0 Å². The van der Waals surface area contributed by atoms with Crippen LogP contribution in [0.5, 0.6) is 0 Å². The van der Waals surface area contributed by atoms with Gasteiger partial charge in [-0.05, 0) is 0 Å². The monoisotopic (exact) mass is 332 g/mol. The van der Waals surface area contributed by atoms with Crippen molar-refractivity contribution in [1.29, 1.82) is 0 Å². The van der Waals surface area contributed by atoms with Gasteiger partial charge < -0.3 is 23.7 Å². The van der Waals surface area contributed by atoms with Gasteiger partial charge in [0, 0.05) is 27.7 Å². The van der Waals surface area contributed by atoms with Crippen molar-refractivity contribution < 1.29 is 42.9 Å². The summed E-state index contributed by atoms with van der Waals surface area (Å²) in [5.74, 6) is -2.96. The second kappa shape index (κ2) is 8.47. The molecule has 1 saturated heterocycles. The zero-order valence-corrected chi connectivity index (χ0v) is 13.4. The summed E-state index contributed by atoms with van der Waals surface area (Å²) < 4.78 is 25.4. The lowest BCUT2D eigenvalue weighted by atomic mass is 9.99. The quantitative estimate of drug-likeness (QED) is 0.487. The molecule has 1 rings (SSSR count). The third kappa shape index (κ3) is 6.23. The molecule has 0 spiro atoms. The molecule has 0 unspecified atom stereocenters. The van der Waals surface area contributed by atoms with E-state index in [1.54, 1.807) is 0 Å². The number of carbonyl (C=O) groups excluding carboxylic acids is 4. The molecule has 0 saturated carbocycles. The lowest BCUT2D eigenvalue weighted by Gasteiger charge is -2.22. The van der Waals surface area contributed by atoms with Gasteiger partial charge in [-0.1, -0.05) is 0 Å². The Morgan fingerprint density at radius 2 is 1.30 bits per heavy atom. The molecule has 0 bridgehead atoms. The maximum absolute atomic E-state index is 11.3. The average Bonchev–Trinajstić information content (AvgIpc) is 2.70. The summed E-state index contributed by atoms with van der Waals surface area (Å²) in [5.41, 5.74) is 0. The molecule has 0 aromatic heterocycles. The molecule has 9 nitrogen and oxygen atoms in total. The van der Waals surface area contributed by atoms with Crippen LogP contribution in [0.3, 0.4) is 0 Å². The molecule has 1 fully saturated rings. The first kappa shape index (κ1) is 18.9. The van der Waals surface area contributed by atoms with Crippen LogP contribution in [0.15, 0.2) is 0 Å². The fourth-order valence-corrected chi connectivity index (χ4v) is 2.14. The fourth-order valence-electron chi connectivity index (χ4n) is 2.14. The topological polar surface area (TPSA) is 114 Å². The van der Waals surface area contributed by atoms with Gasteiger partial charge in [0.1, 0.15) is 19.3 Å². The van der Waals surface area contributed by atoms with Crippen LogP contribution in [0.1, 0.15) is 27.7 Å². The molecule has 0 amide bonds. The smallest absolute Gasteiger partial charge is 0.305 e. The highest BCUT2D eigenvalue weighted by Gasteiger charge is 2.49. The average molecular weight is 332 g/mol. The fraction of sp³-hybridized carbons (Fsp3) is 0.714. The Bertz CT molecular complexity index is 473. The van der Waals surface area contributed by atoms with Crippen LogP contribution in [-0.4, -0.2) is 55.6 Å². The van der Waals surface area contributed by atoms with E-state index in [2.05, 4.69) is 0 Å². The van der Waals surface area contributed by atoms with Gasteiger partial charge in [-0.15, -0.1) is 0 Å². The Hall–Kier alpha value is -2.16. The second-order valence-electron chi connectivity index (χ2n) is 5.00. The molecule has 0 radical (unpaired) electrons. The van der Waals surface area contributed by atoms with Crippen molar-refractivity contribution in [3.63, 3.8) is 0 Å². The third-order valence-electron chi connectivity index (χ3n) is 2.99. The van der Waals surface area contributed by atoms with Crippen LogP contribution < -0.4 is 0 Å². The zero-order chi connectivity index (χ0) is 17.6. The predicted molar refractivity (Wildman–Crippen MR) is 72.7 cm³/mol. The Kier molecular flexibility index (Phi) is 6.95. The standard InChI is InChI=1S/C14H20O9/c1-7(15)19-5-11-12(6-20-8(2)16)23-14(22-10(4)18)13(11)21-9(3)17/h11-14H,5-6H2,1-4H3/t11-,12-,13-,14+/m1/s1. The molecule has 1 aliphatic heterocycles. The van der Waals surface area contributed by atoms with Crippen molar-refractivity contribution in [2.45, 2.75) is 46.2 Å². The number of carbonyl (C=O) groups is 4. The predicted octanol–water partition coefficient (Wildman–Crippen LogP) is -0.0515. The SMILES string of the molecule is CC(=O)OC[C@H]1[C@@H](OC(C)=O)[C@@H](OC(C)=O)O[C@@H]1COC(C)=O. The van der Waals surface area contributed by atoms with Crippen molar-refractivity contribution in [3.05, 3.63) is 0 Å². The van der Waals surface area contributed by atoms with E-state index in [1.165, 1.54) is 27.7 Å². The first-order valence-electron chi connectivity index (χ1n) is 6.97. The maximum Gasteiger partial charge on any atom is 0.305 e. The molecular weight excluding hydrogens is 312 g/mol. The Balaban J connectivity index is 2.92. The van der Waals surface area contributed by atoms with E-state index in [4.69, 9.17) is 23.7 Å². The van der Waals surface area contributed by atoms with Crippen molar-refractivity contribution in [1.82, 2.24) is 0 Å². The van der Waals surface area contributed by atoms with Crippen molar-refractivity contribution >= 4 is 23.9 Å². The summed E-state index contributed by atoms with van der Waals surface area (Å²) in [6, 6.07) is 0. The van der Waals surface area contributed by atoms with Crippen LogP contribution in [-0.2, 0) is 42.9 Å². The summed E-state index contributed by atoms with van der Waals surface area (Å²) in [6.07, 6.45) is -2.90. The highest BCUT2D eigenvalue weighted by molar-refractivity contribution is 5.68. The van der Waals surface area contributed by atoms with Crippen LogP contribution in [0.25, 0.3) is 0 Å². The van der Waals surface area contributed by atoms with Gasteiger partial charge in [-0.25, -0.2) is 0 Å². The van der Waals surface area contributed by atoms with Gasteiger partial charge in [0.25, 0.3) is 0 Å². The van der Waals surface area contributed by atoms with E-state index in [-0.39, 0.29) is 13.2 Å². The maximum atomic E-state index is 11.3. The molecule has 9 heteroatoms. The zero-order valence-electron chi connectivity index (χ0n) is 13.4. The first-order valence-corrected chi connectivity index (χ1v) is 6.97. The van der Waals surface area contributed by atoms with Gasteiger partial charge >= 0.3 is 23.9 Å². The number of hydrogen-bond donors (Lipinski definition) is 0. The van der Waals surface area contributed by atoms with Gasteiger partial charge in [0.2, 0.25) is 6.29 Å². The third-order valence-corrected chi connectivity index (χ3v) is 2.99. The van der Waals surface area contributed by atoms with Crippen molar-refractivity contribution in [2.75, 3.05) is 13.2 Å². The molecule has 4 atom stereocenters. The minimum Gasteiger partial charge on any atom is -0.465 e. The molecule has 0 aromatic carbocycles. The normalized spacial score (nSPS) is 26.3. The van der Waals surface area contributed by atoms with Crippen molar-refractivity contribution in [2.24, 2.45) is 5.92 Å². The van der Waals surface area contributed by atoms with Crippen LogP contribution in [0, 0.1) is 5.92 Å². The van der Waals surface area contributed by atoms with Gasteiger partial charge in [0.15, 0.2) is 6.10 Å². The molecule has 0 N–H and O–H groups in total. The summed E-state index contributed by atoms with van der Waals surface area (Å²) in [6.45, 7) is 4.51. The summed E-state index contributed by atoms with van der Waals surface area (Å²) in [4.78, 5) is 44.4. The van der Waals surface area contributed by atoms with E-state index >= 15 is 0 Å². The lowest BCUT2D eigenvalue weighted by molar-refractivity contribution is -0.197. The highest BCUT2D eigenvalue weighted by Crippen LogP contribution is 2.31. The van der Waals surface area contributed by atoms with E-state index in [0.29, 0.717) is 0 Å². The van der Waals surface area contributed by atoms with Crippen LogP contribution in [0.2, 0.25) is 0 Å². The number of hydrogen-bond acceptors (Lipinski definition) is 9. The lowest BCUT2D eigenvalue weighted by Crippen LogP contribution is -2.38. The molecule has 0 aromatic rings. The van der Waals surface area contributed by atoms with Gasteiger partial charge in [0.05, 0.1) is 5.92 Å². The van der Waals surface area contributed by atoms with Gasteiger partial charge in [-0.2, -0.15) is 0 Å².